The largest absolute Gasteiger partial charge is 0.477 e. The van der Waals surface area contributed by atoms with Crippen LogP contribution in [0.15, 0.2) is 42.5 Å². The number of carbonyl (C=O) groups is 1. The van der Waals surface area contributed by atoms with Crippen LogP contribution in [0.5, 0.6) is 5.88 Å². The second kappa shape index (κ2) is 7.33. The highest BCUT2D eigenvalue weighted by Crippen LogP contribution is 2.38. The molecule has 3 aromatic rings. The summed E-state index contributed by atoms with van der Waals surface area (Å²) in [4.78, 5) is 18.3. The molecule has 2 heterocycles. The number of anilines is 2. The van der Waals surface area contributed by atoms with E-state index in [0.717, 1.165) is 21.6 Å². The number of pyridine rings is 1. The van der Waals surface area contributed by atoms with Crippen LogP contribution < -0.4 is 10.1 Å². The van der Waals surface area contributed by atoms with Gasteiger partial charge in [0.25, 0.3) is 0 Å². The van der Waals surface area contributed by atoms with Gasteiger partial charge in [0, 0.05) is 17.1 Å². The molecule has 0 radical (unpaired) electrons. The van der Waals surface area contributed by atoms with Crippen LogP contribution in [0.4, 0.5) is 11.4 Å². The van der Waals surface area contributed by atoms with Gasteiger partial charge >= 0.3 is 5.97 Å². The lowest BCUT2D eigenvalue weighted by atomic mass is 10.2. The first kappa shape index (κ1) is 16.8. The fraction of sp³-hybridized carbons (Fsp3) is 0.300. The molecule has 0 atom stereocenters. The Hall–Kier alpha value is -2.60. The van der Waals surface area contributed by atoms with Gasteiger partial charge in [0.1, 0.15) is 9.71 Å². The van der Waals surface area contributed by atoms with Crippen molar-refractivity contribution in [3.8, 4) is 5.88 Å². The fourth-order valence-corrected chi connectivity index (χ4v) is 3.67. The SMILES string of the molecule is CCOC(=O)c1sc2nc(OCC3CC3)ccc2c1Nc1ccccc1. The molecule has 5 nitrogen and oxygen atoms in total. The predicted octanol–water partition coefficient (Wildman–Crippen LogP) is 5.01. The van der Waals surface area contributed by atoms with Crippen LogP contribution in [-0.2, 0) is 4.74 Å². The van der Waals surface area contributed by atoms with Gasteiger partial charge in [-0.05, 0) is 43.9 Å². The topological polar surface area (TPSA) is 60.5 Å². The van der Waals surface area contributed by atoms with Gasteiger partial charge in [-0.3, -0.25) is 0 Å². The molecule has 0 spiro atoms. The average Bonchev–Trinajstić information content (AvgIpc) is 3.42. The number of hydrogen-bond acceptors (Lipinski definition) is 6. The van der Waals surface area contributed by atoms with E-state index in [-0.39, 0.29) is 5.97 Å². The van der Waals surface area contributed by atoms with Crippen molar-refractivity contribution in [3.05, 3.63) is 47.3 Å². The zero-order valence-corrected chi connectivity index (χ0v) is 15.3. The summed E-state index contributed by atoms with van der Waals surface area (Å²) < 4.78 is 11.0. The molecule has 1 aromatic carbocycles. The Bertz CT molecular complexity index is 919. The first-order valence-corrected chi connectivity index (χ1v) is 9.61. The third-order valence-electron chi connectivity index (χ3n) is 4.20. The predicted molar refractivity (Wildman–Crippen MR) is 104 cm³/mol. The van der Waals surface area contributed by atoms with Crippen molar-refractivity contribution in [1.82, 2.24) is 4.98 Å². The summed E-state index contributed by atoms with van der Waals surface area (Å²) in [6, 6.07) is 13.6. The molecule has 4 rings (SSSR count). The molecule has 2 aromatic heterocycles. The number of nitrogens with zero attached hydrogens (tertiary/aromatic N) is 1. The van der Waals surface area contributed by atoms with Crippen molar-refractivity contribution >= 4 is 38.9 Å². The van der Waals surface area contributed by atoms with E-state index in [9.17, 15) is 4.79 Å². The van der Waals surface area contributed by atoms with Crippen molar-refractivity contribution in [3.63, 3.8) is 0 Å². The van der Waals surface area contributed by atoms with Crippen LogP contribution in [0.25, 0.3) is 10.2 Å². The first-order valence-electron chi connectivity index (χ1n) is 8.80. The molecule has 0 bridgehead atoms. The normalized spacial score (nSPS) is 13.6. The van der Waals surface area contributed by atoms with Crippen LogP contribution in [0.2, 0.25) is 0 Å². The third-order valence-corrected chi connectivity index (χ3v) is 5.28. The van der Waals surface area contributed by atoms with Crippen molar-refractivity contribution in [2.24, 2.45) is 5.92 Å². The monoisotopic (exact) mass is 368 g/mol. The van der Waals surface area contributed by atoms with E-state index >= 15 is 0 Å². The summed E-state index contributed by atoms with van der Waals surface area (Å²) in [6.07, 6.45) is 2.47. The van der Waals surface area contributed by atoms with E-state index in [0.29, 0.717) is 29.9 Å². The lowest BCUT2D eigenvalue weighted by Crippen LogP contribution is -2.05. The Morgan fingerprint density at radius 3 is 2.77 bits per heavy atom. The molecule has 26 heavy (non-hydrogen) atoms. The minimum Gasteiger partial charge on any atom is -0.477 e. The van der Waals surface area contributed by atoms with E-state index in [1.165, 1.54) is 24.2 Å². The van der Waals surface area contributed by atoms with Crippen LogP contribution in [0.1, 0.15) is 29.4 Å². The maximum Gasteiger partial charge on any atom is 0.350 e. The van der Waals surface area contributed by atoms with E-state index in [1.54, 1.807) is 6.92 Å². The minimum absolute atomic E-state index is 0.334. The number of carbonyl (C=O) groups excluding carboxylic acids is 1. The van der Waals surface area contributed by atoms with Crippen LogP contribution in [0, 0.1) is 5.92 Å². The number of benzene rings is 1. The van der Waals surface area contributed by atoms with E-state index in [1.807, 2.05) is 42.5 Å². The lowest BCUT2D eigenvalue weighted by molar-refractivity contribution is 0.0533. The van der Waals surface area contributed by atoms with Gasteiger partial charge in [-0.15, -0.1) is 11.3 Å². The standard InChI is InChI=1S/C20H20N2O3S/c1-2-24-20(23)18-17(21-14-6-4-3-5-7-14)15-10-11-16(22-19(15)26-18)25-12-13-8-9-13/h3-7,10-11,13,21H,2,8-9,12H2,1H3. The highest BCUT2D eigenvalue weighted by Gasteiger charge is 2.23. The van der Waals surface area contributed by atoms with Gasteiger partial charge in [-0.1, -0.05) is 18.2 Å². The van der Waals surface area contributed by atoms with E-state index < -0.39 is 0 Å². The number of ether oxygens (including phenoxy) is 2. The quantitative estimate of drug-likeness (QED) is 0.594. The van der Waals surface area contributed by atoms with Crippen molar-refractivity contribution in [2.45, 2.75) is 19.8 Å². The van der Waals surface area contributed by atoms with Crippen LogP contribution >= 0.6 is 11.3 Å². The van der Waals surface area contributed by atoms with Gasteiger partial charge in [0.15, 0.2) is 0 Å². The number of thiophene rings is 1. The molecule has 1 aliphatic rings. The number of nitrogens with one attached hydrogen (secondary N) is 1. The van der Waals surface area contributed by atoms with Crippen molar-refractivity contribution in [2.75, 3.05) is 18.5 Å². The summed E-state index contributed by atoms with van der Waals surface area (Å²) in [5, 5.41) is 4.23. The molecule has 0 saturated heterocycles. The highest BCUT2D eigenvalue weighted by molar-refractivity contribution is 7.21. The molecule has 1 N–H and O–H groups in total. The van der Waals surface area contributed by atoms with E-state index in [2.05, 4.69) is 10.3 Å². The number of fused-ring (bicyclic) bond motifs is 1. The maximum absolute atomic E-state index is 12.4. The van der Waals surface area contributed by atoms with Crippen molar-refractivity contribution < 1.29 is 14.3 Å². The molecule has 6 heteroatoms. The summed E-state index contributed by atoms with van der Waals surface area (Å²) in [5.74, 6) is 0.933. The molecular weight excluding hydrogens is 348 g/mol. The molecule has 1 aliphatic carbocycles. The second-order valence-electron chi connectivity index (χ2n) is 6.27. The minimum atomic E-state index is -0.339. The Balaban J connectivity index is 1.70. The maximum atomic E-state index is 12.4. The Kier molecular flexibility index (Phi) is 4.75. The molecule has 0 amide bonds. The van der Waals surface area contributed by atoms with E-state index in [4.69, 9.17) is 9.47 Å². The number of esters is 1. The molecule has 1 fully saturated rings. The van der Waals surface area contributed by atoms with Gasteiger partial charge in [0.2, 0.25) is 5.88 Å². The molecule has 134 valence electrons. The Morgan fingerprint density at radius 1 is 1.23 bits per heavy atom. The number of para-hydroxylation sites is 1. The molecule has 1 saturated carbocycles. The van der Waals surface area contributed by atoms with Crippen molar-refractivity contribution in [1.29, 1.82) is 0 Å². The zero-order valence-electron chi connectivity index (χ0n) is 14.5. The average molecular weight is 368 g/mol. The summed E-state index contributed by atoms with van der Waals surface area (Å²) in [5.41, 5.74) is 1.64. The Labute approximate surface area is 156 Å². The highest BCUT2D eigenvalue weighted by atomic mass is 32.1. The zero-order chi connectivity index (χ0) is 17.9. The lowest BCUT2D eigenvalue weighted by Gasteiger charge is -2.08. The Morgan fingerprint density at radius 2 is 2.04 bits per heavy atom. The first-order chi connectivity index (χ1) is 12.7. The van der Waals surface area contributed by atoms with Gasteiger partial charge in [0.05, 0.1) is 18.9 Å². The van der Waals surface area contributed by atoms with Crippen LogP contribution in [-0.4, -0.2) is 24.2 Å². The van der Waals surface area contributed by atoms with Gasteiger partial charge in [-0.25, -0.2) is 9.78 Å². The van der Waals surface area contributed by atoms with Gasteiger partial charge in [-0.2, -0.15) is 0 Å². The van der Waals surface area contributed by atoms with Gasteiger partial charge < -0.3 is 14.8 Å². The molecular formula is C20H20N2O3S. The number of hydrogen-bond donors (Lipinski definition) is 1. The fourth-order valence-electron chi connectivity index (χ4n) is 2.66. The smallest absolute Gasteiger partial charge is 0.350 e. The summed E-state index contributed by atoms with van der Waals surface area (Å²) in [6.45, 7) is 2.85. The summed E-state index contributed by atoms with van der Waals surface area (Å²) >= 11 is 1.33. The third kappa shape index (κ3) is 3.65. The molecule has 0 aliphatic heterocycles. The number of rotatable bonds is 7. The number of aromatic nitrogens is 1. The molecule has 0 unspecified atom stereocenters. The summed E-state index contributed by atoms with van der Waals surface area (Å²) in [7, 11) is 0. The second-order valence-corrected chi connectivity index (χ2v) is 7.27. The van der Waals surface area contributed by atoms with Crippen LogP contribution in [0.3, 0.4) is 0 Å².